The number of fused-ring (bicyclic) bond motifs is 1. The number of rotatable bonds is 3. The molecule has 1 fully saturated rings. The van der Waals surface area contributed by atoms with Gasteiger partial charge in [-0.3, -0.25) is 4.79 Å². The molecule has 1 aromatic heterocycles. The van der Waals surface area contributed by atoms with Gasteiger partial charge >= 0.3 is 0 Å². The van der Waals surface area contributed by atoms with E-state index in [1.807, 2.05) is 30.3 Å². The molecule has 1 aliphatic heterocycles. The van der Waals surface area contributed by atoms with Crippen molar-refractivity contribution in [3.63, 3.8) is 0 Å². The first-order chi connectivity index (χ1) is 15.9. The van der Waals surface area contributed by atoms with E-state index >= 15 is 0 Å². The van der Waals surface area contributed by atoms with Crippen LogP contribution in [0.5, 0.6) is 0 Å². The third-order valence-electron chi connectivity index (χ3n) is 6.04. The lowest BCUT2D eigenvalue weighted by Gasteiger charge is -2.20. The third-order valence-corrected chi connectivity index (χ3v) is 8.15. The molecular weight excluding hydrogens is 443 g/mol. The van der Waals surface area contributed by atoms with Crippen LogP contribution in [0.3, 0.4) is 0 Å². The molecule has 0 radical (unpaired) electrons. The molecular formula is C25H21FN2O4S. The number of halogens is 1. The van der Waals surface area contributed by atoms with Crippen molar-refractivity contribution in [1.29, 1.82) is 0 Å². The van der Waals surface area contributed by atoms with Crippen molar-refractivity contribution in [2.75, 3.05) is 18.8 Å². The summed E-state index contributed by atoms with van der Waals surface area (Å²) < 4.78 is 45.6. The number of hydrogen-bond donors (Lipinski definition) is 0. The molecule has 1 saturated heterocycles. The molecule has 0 spiro atoms. The summed E-state index contributed by atoms with van der Waals surface area (Å²) in [5.41, 5.74) is 2.05. The number of amides is 1. The van der Waals surface area contributed by atoms with Gasteiger partial charge in [0.15, 0.2) is 15.6 Å². The first kappa shape index (κ1) is 21.3. The lowest BCUT2D eigenvalue weighted by Crippen LogP contribution is -2.33. The zero-order valence-electron chi connectivity index (χ0n) is 17.6. The molecule has 2 heterocycles. The average Bonchev–Trinajstić information content (AvgIpc) is 3.18. The van der Waals surface area contributed by atoms with Gasteiger partial charge in [0, 0.05) is 29.8 Å². The smallest absolute Gasteiger partial charge is 0.253 e. The minimum absolute atomic E-state index is 0.0549. The fourth-order valence-electron chi connectivity index (χ4n) is 4.29. The summed E-state index contributed by atoms with van der Waals surface area (Å²) in [5.74, 6) is -0.472. The highest BCUT2D eigenvalue weighted by Crippen LogP contribution is 2.32. The maximum atomic E-state index is 14.3. The molecule has 1 atom stereocenters. The molecule has 5 rings (SSSR count). The average molecular weight is 465 g/mol. The maximum absolute atomic E-state index is 14.3. The van der Waals surface area contributed by atoms with Gasteiger partial charge in [-0.05, 0) is 30.7 Å². The van der Waals surface area contributed by atoms with Crippen LogP contribution in [0.15, 0.2) is 77.3 Å². The number of sulfone groups is 1. The van der Waals surface area contributed by atoms with Crippen molar-refractivity contribution < 1.29 is 22.1 Å². The Labute approximate surface area is 190 Å². The Balaban J connectivity index is 1.44. The van der Waals surface area contributed by atoms with Gasteiger partial charge in [-0.15, -0.1) is 0 Å². The van der Waals surface area contributed by atoms with E-state index < -0.39 is 20.9 Å². The summed E-state index contributed by atoms with van der Waals surface area (Å²) in [6.45, 7) is 0.267. The molecule has 168 valence electrons. The lowest BCUT2D eigenvalue weighted by molar-refractivity contribution is 0.0766. The van der Waals surface area contributed by atoms with E-state index in [0.717, 1.165) is 5.56 Å². The second-order valence-electron chi connectivity index (χ2n) is 8.07. The van der Waals surface area contributed by atoms with Gasteiger partial charge in [0.1, 0.15) is 11.3 Å². The van der Waals surface area contributed by atoms with Gasteiger partial charge in [0.2, 0.25) is 0 Å². The van der Waals surface area contributed by atoms with Gasteiger partial charge < -0.3 is 9.42 Å². The van der Waals surface area contributed by atoms with Crippen molar-refractivity contribution in [3.8, 4) is 11.3 Å². The van der Waals surface area contributed by atoms with E-state index in [1.165, 1.54) is 23.1 Å². The van der Waals surface area contributed by atoms with Crippen LogP contribution in [0.2, 0.25) is 0 Å². The summed E-state index contributed by atoms with van der Waals surface area (Å²) in [5, 5.41) is 3.82. The number of nitrogens with zero attached hydrogens (tertiary/aromatic N) is 2. The molecule has 6 nitrogen and oxygen atoms in total. The normalized spacial score (nSPS) is 18.2. The minimum atomic E-state index is -3.61. The van der Waals surface area contributed by atoms with Crippen molar-refractivity contribution >= 4 is 26.6 Å². The highest BCUT2D eigenvalue weighted by Gasteiger charge is 2.34. The minimum Gasteiger partial charge on any atom is -0.355 e. The van der Waals surface area contributed by atoms with Gasteiger partial charge in [0.05, 0.1) is 16.4 Å². The largest absolute Gasteiger partial charge is 0.355 e. The Morgan fingerprint density at radius 3 is 2.55 bits per heavy atom. The quantitative estimate of drug-likeness (QED) is 0.441. The van der Waals surface area contributed by atoms with Crippen molar-refractivity contribution in [1.82, 2.24) is 10.1 Å². The monoisotopic (exact) mass is 464 g/mol. The number of hydrogen-bond acceptors (Lipinski definition) is 5. The predicted molar refractivity (Wildman–Crippen MR) is 123 cm³/mol. The molecule has 8 heteroatoms. The highest BCUT2D eigenvalue weighted by molar-refractivity contribution is 7.91. The van der Waals surface area contributed by atoms with Crippen LogP contribution in [-0.4, -0.2) is 43.2 Å². The van der Waals surface area contributed by atoms with Crippen molar-refractivity contribution in [3.05, 3.63) is 89.7 Å². The maximum Gasteiger partial charge on any atom is 0.253 e. The van der Waals surface area contributed by atoms with Gasteiger partial charge in [-0.2, -0.15) is 0 Å². The number of carbonyl (C=O) groups excluding carboxylic acids is 1. The van der Waals surface area contributed by atoms with E-state index in [4.69, 9.17) is 4.52 Å². The molecule has 4 aromatic rings. The van der Waals surface area contributed by atoms with Crippen LogP contribution in [0.1, 0.15) is 27.6 Å². The molecule has 0 bridgehead atoms. The van der Waals surface area contributed by atoms with Crippen LogP contribution in [-0.2, 0) is 9.84 Å². The van der Waals surface area contributed by atoms with E-state index in [-0.39, 0.29) is 36.7 Å². The first-order valence-corrected chi connectivity index (χ1v) is 12.4. The fourth-order valence-corrected chi connectivity index (χ4v) is 6.09. The molecule has 1 amide bonds. The summed E-state index contributed by atoms with van der Waals surface area (Å²) >= 11 is 0. The Morgan fingerprint density at radius 2 is 1.76 bits per heavy atom. The Kier molecular flexibility index (Phi) is 5.46. The van der Waals surface area contributed by atoms with Gasteiger partial charge in [-0.25, -0.2) is 12.8 Å². The van der Waals surface area contributed by atoms with E-state index in [1.54, 1.807) is 24.3 Å². The molecule has 0 N–H and O–H groups in total. The van der Waals surface area contributed by atoms with Crippen LogP contribution >= 0.6 is 0 Å². The second-order valence-corrected chi connectivity index (χ2v) is 10.4. The second kappa shape index (κ2) is 8.44. The fraction of sp³-hybridized carbons (Fsp3) is 0.200. The highest BCUT2D eigenvalue weighted by atomic mass is 32.2. The first-order valence-electron chi connectivity index (χ1n) is 10.6. The van der Waals surface area contributed by atoms with E-state index in [0.29, 0.717) is 22.2 Å². The molecule has 1 unspecified atom stereocenters. The standard InChI is InChI=1S/C25H21FN2O4S/c26-21-9-5-4-8-19(21)23-12-13-28(14-15-33(23,30)31)25(29)18-10-11-22-20(16-18)24(32-27-22)17-6-2-1-3-7-17/h1-11,16,23H,12-15H2. The van der Waals surface area contributed by atoms with E-state index in [2.05, 4.69) is 5.16 Å². The topological polar surface area (TPSA) is 80.5 Å². The third kappa shape index (κ3) is 4.02. The van der Waals surface area contributed by atoms with Crippen molar-refractivity contribution in [2.24, 2.45) is 0 Å². The summed E-state index contributed by atoms with van der Waals surface area (Å²) in [6, 6.07) is 20.5. The molecule has 33 heavy (non-hydrogen) atoms. The predicted octanol–water partition coefficient (Wildman–Crippen LogP) is 4.64. The Bertz CT molecular complexity index is 1430. The molecule has 1 aliphatic rings. The summed E-state index contributed by atoms with van der Waals surface area (Å²) in [7, 11) is -3.61. The zero-order chi connectivity index (χ0) is 23.0. The van der Waals surface area contributed by atoms with Crippen LogP contribution in [0.25, 0.3) is 22.2 Å². The molecule has 0 saturated carbocycles. The summed E-state index contributed by atoms with van der Waals surface area (Å²) in [4.78, 5) is 14.8. The van der Waals surface area contributed by atoms with Crippen LogP contribution in [0.4, 0.5) is 4.39 Å². The number of aromatic nitrogens is 1. The molecule has 3 aromatic carbocycles. The van der Waals surface area contributed by atoms with E-state index in [9.17, 15) is 17.6 Å². The van der Waals surface area contributed by atoms with Crippen molar-refractivity contribution in [2.45, 2.75) is 11.7 Å². The number of carbonyl (C=O) groups is 1. The molecule has 0 aliphatic carbocycles. The zero-order valence-corrected chi connectivity index (χ0v) is 18.5. The van der Waals surface area contributed by atoms with Crippen LogP contribution < -0.4 is 0 Å². The van der Waals surface area contributed by atoms with Gasteiger partial charge in [0.25, 0.3) is 5.91 Å². The Hall–Kier alpha value is -3.52. The lowest BCUT2D eigenvalue weighted by atomic mass is 10.1. The Morgan fingerprint density at radius 1 is 1.00 bits per heavy atom. The summed E-state index contributed by atoms with van der Waals surface area (Å²) in [6.07, 6.45) is 0.139. The van der Waals surface area contributed by atoms with Gasteiger partial charge in [-0.1, -0.05) is 53.7 Å². The van der Waals surface area contributed by atoms with Crippen LogP contribution in [0, 0.1) is 5.82 Å². The SMILES string of the molecule is O=C(c1ccc2noc(-c3ccccc3)c2c1)N1CCC(c2ccccc2F)S(=O)(=O)CC1. The number of benzene rings is 3.